The summed E-state index contributed by atoms with van der Waals surface area (Å²) in [4.78, 5) is 28.0. The molecule has 0 saturated heterocycles. The minimum absolute atomic E-state index is 0.281. The zero-order valence-corrected chi connectivity index (χ0v) is 9.85. The van der Waals surface area contributed by atoms with Crippen molar-refractivity contribution in [1.29, 1.82) is 0 Å². The second-order valence-corrected chi connectivity index (χ2v) is 3.42. The quantitative estimate of drug-likeness (QED) is 0.611. The summed E-state index contributed by atoms with van der Waals surface area (Å²) >= 11 is 0. The third-order valence-electron chi connectivity index (χ3n) is 1.73. The van der Waals surface area contributed by atoms with Gasteiger partial charge in [-0.25, -0.2) is 9.98 Å². The average Bonchev–Trinajstić information content (AvgIpc) is 2.20. The lowest BCUT2D eigenvalue weighted by atomic mass is 10.4. The lowest BCUT2D eigenvalue weighted by Gasteiger charge is -2.03. The van der Waals surface area contributed by atoms with E-state index in [9.17, 15) is 4.79 Å². The molecule has 0 aliphatic heterocycles. The molecule has 0 aromatic carbocycles. The summed E-state index contributed by atoms with van der Waals surface area (Å²) in [6.45, 7) is 3.48. The third-order valence-corrected chi connectivity index (χ3v) is 1.73. The van der Waals surface area contributed by atoms with E-state index < -0.39 is 0 Å². The minimum Gasteiger partial charge on any atom is -0.369 e. The third kappa shape index (κ3) is 3.01. The van der Waals surface area contributed by atoms with Gasteiger partial charge in [-0.05, 0) is 13.8 Å². The van der Waals surface area contributed by atoms with E-state index in [2.05, 4.69) is 20.0 Å². The van der Waals surface area contributed by atoms with Crippen LogP contribution in [0.15, 0.2) is 14.8 Å². The Hall–Kier alpha value is -1.98. The monoisotopic (exact) mass is 221 g/mol. The van der Waals surface area contributed by atoms with Gasteiger partial charge in [-0.1, -0.05) is 0 Å². The number of aromatic amines is 1. The van der Waals surface area contributed by atoms with Crippen LogP contribution in [0.25, 0.3) is 0 Å². The van der Waals surface area contributed by atoms with Crippen LogP contribution in [0.1, 0.15) is 12.6 Å². The Morgan fingerprint density at radius 2 is 2.06 bits per heavy atom. The van der Waals surface area contributed by atoms with Crippen LogP contribution in [0, 0.1) is 6.92 Å². The van der Waals surface area contributed by atoms with Crippen molar-refractivity contribution in [2.45, 2.75) is 13.8 Å². The molecule has 16 heavy (non-hydrogen) atoms. The normalized spacial score (nSPS) is 11.5. The number of nitrogens with zero attached hydrogens (tertiary/aromatic N) is 4. The smallest absolute Gasteiger partial charge is 0.278 e. The topological polar surface area (TPSA) is 73.7 Å². The largest absolute Gasteiger partial charge is 0.369 e. The summed E-state index contributed by atoms with van der Waals surface area (Å²) in [5, 5.41) is 0. The summed E-state index contributed by atoms with van der Waals surface area (Å²) < 4.78 is 0. The van der Waals surface area contributed by atoms with Gasteiger partial charge in [0, 0.05) is 20.3 Å². The molecule has 6 nitrogen and oxygen atoms in total. The van der Waals surface area contributed by atoms with Gasteiger partial charge in [-0.15, -0.1) is 0 Å². The molecule has 6 heteroatoms. The highest BCUT2D eigenvalue weighted by atomic mass is 16.1. The highest BCUT2D eigenvalue weighted by Gasteiger charge is 2.04. The molecule has 0 amide bonds. The van der Waals surface area contributed by atoms with E-state index in [0.29, 0.717) is 11.4 Å². The fourth-order valence-electron chi connectivity index (χ4n) is 1.08. The second kappa shape index (κ2) is 5.20. The van der Waals surface area contributed by atoms with E-state index in [1.165, 1.54) is 0 Å². The number of H-pyrrole nitrogens is 1. The van der Waals surface area contributed by atoms with Crippen LogP contribution in [0.3, 0.4) is 0 Å². The standard InChI is InChI=1S/C10H15N5O/c1-5-11-8-7(2)13-10(14-9(8)16)12-6-15(3)4/h5-6H,1-4H3,(H,13,14,16)/b11-5-,12-6+. The van der Waals surface area contributed by atoms with Crippen molar-refractivity contribution in [2.24, 2.45) is 9.98 Å². The molecule has 0 bridgehead atoms. The Bertz CT molecular complexity index is 473. The van der Waals surface area contributed by atoms with Crippen LogP contribution in [-0.2, 0) is 0 Å². The average molecular weight is 221 g/mol. The molecule has 1 heterocycles. The SMILES string of the molecule is C/C=N\c1c(C)nc(/N=C/N(C)C)[nH]c1=O. The number of aromatic nitrogens is 2. The molecule has 1 aromatic heterocycles. The number of nitrogens with one attached hydrogen (secondary N) is 1. The van der Waals surface area contributed by atoms with Crippen molar-refractivity contribution in [1.82, 2.24) is 14.9 Å². The van der Waals surface area contributed by atoms with Gasteiger partial charge < -0.3 is 4.90 Å². The molecule has 86 valence electrons. The molecule has 1 N–H and O–H groups in total. The maximum absolute atomic E-state index is 11.6. The van der Waals surface area contributed by atoms with E-state index in [1.807, 2.05) is 14.1 Å². The fraction of sp³-hybridized carbons (Fsp3) is 0.400. The highest BCUT2D eigenvalue weighted by Crippen LogP contribution is 2.11. The van der Waals surface area contributed by atoms with Gasteiger partial charge in [-0.3, -0.25) is 14.8 Å². The molecule has 0 unspecified atom stereocenters. The van der Waals surface area contributed by atoms with Crippen molar-refractivity contribution in [3.05, 3.63) is 16.0 Å². The number of rotatable bonds is 3. The van der Waals surface area contributed by atoms with Gasteiger partial charge >= 0.3 is 0 Å². The number of aliphatic imine (C=N–C) groups is 2. The summed E-state index contributed by atoms with van der Waals surface area (Å²) in [6.07, 6.45) is 3.13. The first kappa shape index (κ1) is 12.1. The molecule has 0 aliphatic carbocycles. The Balaban J connectivity index is 3.15. The maximum Gasteiger partial charge on any atom is 0.278 e. The second-order valence-electron chi connectivity index (χ2n) is 3.42. The van der Waals surface area contributed by atoms with E-state index in [1.54, 1.807) is 31.3 Å². The molecule has 1 rings (SSSR count). The van der Waals surface area contributed by atoms with Crippen molar-refractivity contribution in [2.75, 3.05) is 14.1 Å². The Kier molecular flexibility index (Phi) is 3.93. The number of aryl methyl sites for hydroxylation is 1. The van der Waals surface area contributed by atoms with Crippen LogP contribution in [0.5, 0.6) is 0 Å². The maximum atomic E-state index is 11.6. The van der Waals surface area contributed by atoms with Crippen LogP contribution in [-0.4, -0.2) is 41.5 Å². The van der Waals surface area contributed by atoms with E-state index in [-0.39, 0.29) is 11.5 Å². The Morgan fingerprint density at radius 3 is 2.56 bits per heavy atom. The predicted octanol–water partition coefficient (Wildman–Crippen LogP) is 1.02. The first-order valence-corrected chi connectivity index (χ1v) is 4.84. The van der Waals surface area contributed by atoms with Gasteiger partial charge in [0.1, 0.15) is 5.69 Å². The summed E-state index contributed by atoms with van der Waals surface area (Å²) in [5.41, 5.74) is 0.607. The van der Waals surface area contributed by atoms with Crippen molar-refractivity contribution >= 4 is 24.2 Å². The summed E-state index contributed by atoms with van der Waals surface area (Å²) in [5.74, 6) is 0.284. The van der Waals surface area contributed by atoms with E-state index >= 15 is 0 Å². The van der Waals surface area contributed by atoms with Gasteiger partial charge in [0.15, 0.2) is 0 Å². The molecule has 1 aromatic rings. The highest BCUT2D eigenvalue weighted by molar-refractivity contribution is 5.62. The molecule has 0 fully saturated rings. The molecule has 0 atom stereocenters. The summed E-state index contributed by atoms with van der Waals surface area (Å²) in [7, 11) is 3.68. The molecule has 0 spiro atoms. The molecular weight excluding hydrogens is 206 g/mol. The van der Waals surface area contributed by atoms with Crippen molar-refractivity contribution in [3.63, 3.8) is 0 Å². The molecule has 0 radical (unpaired) electrons. The zero-order valence-electron chi connectivity index (χ0n) is 9.85. The number of hydrogen-bond donors (Lipinski definition) is 1. The first-order chi connectivity index (χ1) is 7.54. The van der Waals surface area contributed by atoms with Crippen molar-refractivity contribution < 1.29 is 0 Å². The molecular formula is C10H15N5O. The fourth-order valence-corrected chi connectivity index (χ4v) is 1.08. The lowest BCUT2D eigenvalue weighted by Crippen LogP contribution is -2.10. The van der Waals surface area contributed by atoms with Gasteiger partial charge in [-0.2, -0.15) is 0 Å². The van der Waals surface area contributed by atoms with Gasteiger partial charge in [0.2, 0.25) is 5.95 Å². The first-order valence-electron chi connectivity index (χ1n) is 4.84. The van der Waals surface area contributed by atoms with Crippen LogP contribution in [0.2, 0.25) is 0 Å². The Labute approximate surface area is 93.8 Å². The summed E-state index contributed by atoms with van der Waals surface area (Å²) in [6, 6.07) is 0. The van der Waals surface area contributed by atoms with Crippen LogP contribution >= 0.6 is 0 Å². The van der Waals surface area contributed by atoms with Gasteiger partial charge in [0.05, 0.1) is 12.0 Å². The van der Waals surface area contributed by atoms with E-state index in [0.717, 1.165) is 0 Å². The predicted molar refractivity (Wildman–Crippen MR) is 65.3 cm³/mol. The zero-order chi connectivity index (χ0) is 12.1. The van der Waals surface area contributed by atoms with Crippen molar-refractivity contribution in [3.8, 4) is 0 Å². The number of hydrogen-bond acceptors (Lipinski definition) is 4. The van der Waals surface area contributed by atoms with E-state index in [4.69, 9.17) is 0 Å². The molecule has 0 saturated carbocycles. The van der Waals surface area contributed by atoms with Gasteiger partial charge in [0.25, 0.3) is 5.56 Å². The lowest BCUT2D eigenvalue weighted by molar-refractivity contribution is 0.642. The van der Waals surface area contributed by atoms with Crippen LogP contribution < -0.4 is 5.56 Å². The minimum atomic E-state index is -0.281. The molecule has 0 aliphatic rings. The Morgan fingerprint density at radius 1 is 1.38 bits per heavy atom. The van der Waals surface area contributed by atoms with Crippen LogP contribution in [0.4, 0.5) is 11.6 Å².